The van der Waals surface area contributed by atoms with Crippen LogP contribution < -0.4 is 0 Å². The highest BCUT2D eigenvalue weighted by molar-refractivity contribution is 5.93. The van der Waals surface area contributed by atoms with Gasteiger partial charge >= 0.3 is 23.9 Å². The van der Waals surface area contributed by atoms with Crippen molar-refractivity contribution in [2.24, 2.45) is 23.2 Å². The SMILES string of the molecule is CC1(C(=O)O)C(C(=O)O)CC(C(=O)O)C1C(=O)O. The normalized spacial score (nSPS) is 35.1. The van der Waals surface area contributed by atoms with Crippen molar-refractivity contribution >= 4 is 23.9 Å². The second-order valence-electron chi connectivity index (χ2n) is 4.48. The fourth-order valence-corrected chi connectivity index (χ4v) is 2.58. The predicted molar refractivity (Wildman–Crippen MR) is 53.7 cm³/mol. The summed E-state index contributed by atoms with van der Waals surface area (Å²) in [6.45, 7) is 0.968. The summed E-state index contributed by atoms with van der Waals surface area (Å²) < 4.78 is 0. The Hall–Kier alpha value is -2.12. The van der Waals surface area contributed by atoms with Gasteiger partial charge in [0.15, 0.2) is 0 Å². The predicted octanol–water partition coefficient (Wildman–Crippen LogP) is -0.417. The minimum atomic E-state index is -2.14. The van der Waals surface area contributed by atoms with Gasteiger partial charge in [-0.05, 0) is 13.3 Å². The summed E-state index contributed by atoms with van der Waals surface area (Å²) in [7, 11) is 0. The van der Waals surface area contributed by atoms with Crippen LogP contribution in [0.5, 0.6) is 0 Å². The Bertz CT molecular complexity index is 428. The lowest BCUT2D eigenvalue weighted by Gasteiger charge is -2.28. The van der Waals surface area contributed by atoms with Crippen molar-refractivity contribution in [3.05, 3.63) is 0 Å². The maximum Gasteiger partial charge on any atom is 0.311 e. The van der Waals surface area contributed by atoms with Gasteiger partial charge in [0, 0.05) is 0 Å². The van der Waals surface area contributed by atoms with Crippen molar-refractivity contribution in [3.63, 3.8) is 0 Å². The van der Waals surface area contributed by atoms with Crippen LogP contribution in [-0.2, 0) is 19.2 Å². The number of carboxylic acids is 4. The third kappa shape index (κ3) is 1.79. The van der Waals surface area contributed by atoms with Crippen LogP contribution in [0.25, 0.3) is 0 Å². The summed E-state index contributed by atoms with van der Waals surface area (Å²) in [6.07, 6.45) is -0.509. The summed E-state index contributed by atoms with van der Waals surface area (Å²) in [6, 6.07) is 0. The third-order valence-electron chi connectivity index (χ3n) is 3.60. The molecular weight excluding hydrogens is 248 g/mol. The van der Waals surface area contributed by atoms with E-state index in [4.69, 9.17) is 20.4 Å². The number of carboxylic acid groups (broad SMARTS) is 4. The molecule has 0 aromatic rings. The van der Waals surface area contributed by atoms with E-state index < -0.39 is 53.5 Å². The molecule has 1 fully saturated rings. The van der Waals surface area contributed by atoms with Gasteiger partial charge in [0.1, 0.15) is 0 Å². The fourth-order valence-electron chi connectivity index (χ4n) is 2.58. The maximum atomic E-state index is 11.2. The Labute approximate surface area is 101 Å². The molecule has 100 valence electrons. The number of hydrogen-bond donors (Lipinski definition) is 4. The molecule has 0 heterocycles. The van der Waals surface area contributed by atoms with Gasteiger partial charge in [0.05, 0.1) is 23.2 Å². The Morgan fingerprint density at radius 3 is 1.72 bits per heavy atom. The van der Waals surface area contributed by atoms with Crippen LogP contribution in [0, 0.1) is 23.2 Å². The summed E-state index contributed by atoms with van der Waals surface area (Å²) >= 11 is 0. The van der Waals surface area contributed by atoms with E-state index in [0.29, 0.717) is 0 Å². The van der Waals surface area contributed by atoms with Crippen LogP contribution in [0.15, 0.2) is 0 Å². The molecule has 0 spiro atoms. The van der Waals surface area contributed by atoms with Gasteiger partial charge in [0.2, 0.25) is 0 Å². The van der Waals surface area contributed by atoms with E-state index in [9.17, 15) is 19.2 Å². The molecule has 0 aromatic heterocycles. The first-order valence-corrected chi connectivity index (χ1v) is 5.05. The zero-order chi connectivity index (χ0) is 14.2. The van der Waals surface area contributed by atoms with Crippen molar-refractivity contribution < 1.29 is 39.6 Å². The first kappa shape index (κ1) is 13.9. The maximum absolute atomic E-state index is 11.2. The second kappa shape index (κ2) is 4.28. The first-order valence-electron chi connectivity index (χ1n) is 5.05. The molecule has 4 atom stereocenters. The van der Waals surface area contributed by atoms with Crippen LogP contribution >= 0.6 is 0 Å². The van der Waals surface area contributed by atoms with Crippen LogP contribution in [0.3, 0.4) is 0 Å². The minimum Gasteiger partial charge on any atom is -0.481 e. The van der Waals surface area contributed by atoms with Crippen LogP contribution in [0.2, 0.25) is 0 Å². The molecule has 4 unspecified atom stereocenters. The van der Waals surface area contributed by atoms with Crippen molar-refractivity contribution in [3.8, 4) is 0 Å². The molecule has 0 bridgehead atoms. The zero-order valence-corrected chi connectivity index (χ0v) is 9.36. The molecule has 8 nitrogen and oxygen atoms in total. The molecule has 0 saturated heterocycles. The smallest absolute Gasteiger partial charge is 0.311 e. The molecule has 1 aliphatic carbocycles. The van der Waals surface area contributed by atoms with Crippen molar-refractivity contribution in [1.82, 2.24) is 0 Å². The molecule has 0 aliphatic heterocycles. The Kier molecular flexibility index (Phi) is 3.32. The third-order valence-corrected chi connectivity index (χ3v) is 3.60. The van der Waals surface area contributed by atoms with Crippen molar-refractivity contribution in [2.45, 2.75) is 13.3 Å². The lowest BCUT2D eigenvalue weighted by Crippen LogP contribution is -2.45. The molecule has 1 rings (SSSR count). The second-order valence-corrected chi connectivity index (χ2v) is 4.48. The van der Waals surface area contributed by atoms with Crippen molar-refractivity contribution in [2.75, 3.05) is 0 Å². The van der Waals surface area contributed by atoms with E-state index in [-0.39, 0.29) is 0 Å². The fraction of sp³-hybridized carbons (Fsp3) is 0.600. The molecular formula is C10H12O8. The van der Waals surface area contributed by atoms with E-state index in [1.165, 1.54) is 0 Å². The van der Waals surface area contributed by atoms with Gasteiger partial charge in [-0.3, -0.25) is 19.2 Å². The minimum absolute atomic E-state index is 0.509. The largest absolute Gasteiger partial charge is 0.481 e. The molecule has 0 amide bonds. The molecule has 1 aliphatic rings. The van der Waals surface area contributed by atoms with Gasteiger partial charge < -0.3 is 20.4 Å². The highest BCUT2D eigenvalue weighted by Crippen LogP contribution is 2.51. The van der Waals surface area contributed by atoms with Gasteiger partial charge in [0.25, 0.3) is 0 Å². The zero-order valence-electron chi connectivity index (χ0n) is 9.36. The van der Waals surface area contributed by atoms with E-state index in [1.807, 2.05) is 0 Å². The van der Waals surface area contributed by atoms with E-state index in [1.54, 1.807) is 0 Å². The summed E-state index contributed by atoms with van der Waals surface area (Å²) in [4.78, 5) is 44.2. The van der Waals surface area contributed by atoms with Crippen LogP contribution in [0.4, 0.5) is 0 Å². The Balaban J connectivity index is 3.38. The molecule has 0 radical (unpaired) electrons. The molecule has 0 aromatic carbocycles. The highest BCUT2D eigenvalue weighted by atomic mass is 16.4. The lowest BCUT2D eigenvalue weighted by molar-refractivity contribution is -0.169. The van der Waals surface area contributed by atoms with Gasteiger partial charge in [-0.1, -0.05) is 0 Å². The topological polar surface area (TPSA) is 149 Å². The van der Waals surface area contributed by atoms with Crippen LogP contribution in [0.1, 0.15) is 13.3 Å². The van der Waals surface area contributed by atoms with Crippen LogP contribution in [-0.4, -0.2) is 44.3 Å². The van der Waals surface area contributed by atoms with E-state index >= 15 is 0 Å². The summed E-state index contributed by atoms with van der Waals surface area (Å²) in [5.74, 6) is -11.1. The average Bonchev–Trinajstić information content (AvgIpc) is 2.53. The Morgan fingerprint density at radius 2 is 1.44 bits per heavy atom. The van der Waals surface area contributed by atoms with Gasteiger partial charge in [-0.2, -0.15) is 0 Å². The summed E-state index contributed by atoms with van der Waals surface area (Å²) in [5.41, 5.74) is -2.14. The number of hydrogen-bond acceptors (Lipinski definition) is 4. The van der Waals surface area contributed by atoms with Gasteiger partial charge in [-0.15, -0.1) is 0 Å². The lowest BCUT2D eigenvalue weighted by atomic mass is 9.72. The molecule has 8 heteroatoms. The van der Waals surface area contributed by atoms with E-state index in [2.05, 4.69) is 0 Å². The van der Waals surface area contributed by atoms with E-state index in [0.717, 1.165) is 6.92 Å². The Morgan fingerprint density at radius 1 is 0.944 bits per heavy atom. The molecule has 1 saturated carbocycles. The monoisotopic (exact) mass is 260 g/mol. The first-order chi connectivity index (χ1) is 8.13. The number of rotatable bonds is 4. The average molecular weight is 260 g/mol. The van der Waals surface area contributed by atoms with Crippen molar-refractivity contribution in [1.29, 1.82) is 0 Å². The highest BCUT2D eigenvalue weighted by Gasteiger charge is 2.64. The summed E-state index contributed by atoms with van der Waals surface area (Å²) in [5, 5.41) is 35.9. The quantitative estimate of drug-likeness (QED) is 0.532. The number of aliphatic carboxylic acids is 4. The molecule has 4 N–H and O–H groups in total. The number of carbonyl (C=O) groups is 4. The molecule has 18 heavy (non-hydrogen) atoms. The standard InChI is InChI=1S/C10H12O8/c1-10(9(17)18)4(7(13)14)2-3(6(11)12)5(10)8(15)16/h3-5H,2H2,1H3,(H,11,12)(H,13,14)(H,15,16)(H,17,18). The van der Waals surface area contributed by atoms with Gasteiger partial charge in [-0.25, -0.2) is 0 Å².